The van der Waals surface area contributed by atoms with Crippen molar-refractivity contribution in [3.05, 3.63) is 67.6 Å². The number of carbonyl (C=O) groups excluding carboxylic acids is 2. The number of rotatable bonds is 4. The first kappa shape index (κ1) is 15.5. The SMILES string of the molecule is O=C(COC(=O)c1cc(=O)[nH]c2ccccc12)c1ccc(Cl)s1. The number of nitrogens with one attached hydrogen (secondary N) is 1. The van der Waals surface area contributed by atoms with Crippen molar-refractivity contribution < 1.29 is 14.3 Å². The van der Waals surface area contributed by atoms with Crippen molar-refractivity contribution in [1.82, 2.24) is 4.98 Å². The number of benzene rings is 1. The summed E-state index contributed by atoms with van der Waals surface area (Å²) >= 11 is 6.88. The van der Waals surface area contributed by atoms with Crippen LogP contribution >= 0.6 is 22.9 Å². The highest BCUT2D eigenvalue weighted by Gasteiger charge is 2.16. The number of thiophene rings is 1. The van der Waals surface area contributed by atoms with Crippen LogP contribution < -0.4 is 5.56 Å². The zero-order valence-corrected chi connectivity index (χ0v) is 13.2. The number of ether oxygens (including phenoxy) is 1. The van der Waals surface area contributed by atoms with Crippen molar-refractivity contribution >= 4 is 45.6 Å². The van der Waals surface area contributed by atoms with Gasteiger partial charge in [-0.1, -0.05) is 29.8 Å². The molecule has 0 aliphatic rings. The van der Waals surface area contributed by atoms with Crippen molar-refractivity contribution in [1.29, 1.82) is 0 Å². The minimum atomic E-state index is -0.719. The Hall–Kier alpha value is -2.44. The number of hydrogen-bond donors (Lipinski definition) is 1. The number of hydrogen-bond acceptors (Lipinski definition) is 5. The molecule has 2 aromatic heterocycles. The largest absolute Gasteiger partial charge is 0.454 e. The van der Waals surface area contributed by atoms with Crippen LogP contribution in [0.2, 0.25) is 4.34 Å². The number of aromatic nitrogens is 1. The van der Waals surface area contributed by atoms with Gasteiger partial charge in [0.15, 0.2) is 6.61 Å². The van der Waals surface area contributed by atoms with E-state index in [1.165, 1.54) is 0 Å². The Bertz CT molecular complexity index is 960. The molecule has 1 aromatic carbocycles. The number of halogens is 1. The van der Waals surface area contributed by atoms with Gasteiger partial charge in [0, 0.05) is 17.0 Å². The van der Waals surface area contributed by atoms with Gasteiger partial charge < -0.3 is 9.72 Å². The van der Waals surface area contributed by atoms with E-state index in [1.807, 2.05) is 0 Å². The standard InChI is InChI=1S/C16H10ClNO4S/c17-14-6-5-13(23-14)12(19)8-22-16(21)10-7-15(20)18-11-4-2-1-3-9(10)11/h1-7H,8H2,(H,18,20). The number of aromatic amines is 1. The Labute approximate surface area is 139 Å². The van der Waals surface area contributed by atoms with E-state index in [0.717, 1.165) is 17.4 Å². The number of ketones is 1. The zero-order valence-electron chi connectivity index (χ0n) is 11.7. The second-order valence-electron chi connectivity index (χ2n) is 4.70. The number of pyridine rings is 1. The van der Waals surface area contributed by atoms with Gasteiger partial charge in [-0.15, -0.1) is 11.3 Å². The molecule has 0 aliphatic carbocycles. The Morgan fingerprint density at radius 1 is 1.17 bits per heavy atom. The van der Waals surface area contributed by atoms with Gasteiger partial charge in [0.25, 0.3) is 0 Å². The van der Waals surface area contributed by atoms with Crippen molar-refractivity contribution in [2.75, 3.05) is 6.61 Å². The zero-order chi connectivity index (χ0) is 16.4. The second-order valence-corrected chi connectivity index (χ2v) is 6.41. The fourth-order valence-electron chi connectivity index (χ4n) is 2.12. The Kier molecular flexibility index (Phi) is 4.27. The molecule has 0 saturated carbocycles. The predicted molar refractivity (Wildman–Crippen MR) is 88.5 cm³/mol. The molecular formula is C16H10ClNO4S. The average molecular weight is 348 g/mol. The molecule has 0 amide bonds. The van der Waals surface area contributed by atoms with Crippen LogP contribution in [0.15, 0.2) is 47.3 Å². The third kappa shape index (κ3) is 3.33. The third-order valence-electron chi connectivity index (χ3n) is 3.15. The van der Waals surface area contributed by atoms with E-state index >= 15 is 0 Å². The highest BCUT2D eigenvalue weighted by Crippen LogP contribution is 2.22. The first-order valence-electron chi connectivity index (χ1n) is 6.62. The monoisotopic (exact) mass is 347 g/mol. The summed E-state index contributed by atoms with van der Waals surface area (Å²) in [6.45, 7) is -0.406. The molecule has 1 N–H and O–H groups in total. The van der Waals surface area contributed by atoms with Crippen molar-refractivity contribution in [2.24, 2.45) is 0 Å². The molecule has 116 valence electrons. The normalized spacial score (nSPS) is 10.7. The van der Waals surface area contributed by atoms with Crippen molar-refractivity contribution in [3.63, 3.8) is 0 Å². The van der Waals surface area contributed by atoms with Gasteiger partial charge in [-0.3, -0.25) is 9.59 Å². The highest BCUT2D eigenvalue weighted by atomic mass is 35.5. The molecular weight excluding hydrogens is 338 g/mol. The van der Waals surface area contributed by atoms with Gasteiger partial charge in [-0.2, -0.15) is 0 Å². The number of H-pyrrole nitrogens is 1. The van der Waals surface area contributed by atoms with Crippen LogP contribution in [0.5, 0.6) is 0 Å². The molecule has 0 bridgehead atoms. The molecule has 0 spiro atoms. The van der Waals surface area contributed by atoms with Gasteiger partial charge in [-0.05, 0) is 18.2 Å². The van der Waals surface area contributed by atoms with E-state index in [-0.39, 0.29) is 11.3 Å². The summed E-state index contributed by atoms with van der Waals surface area (Å²) in [5.41, 5.74) is 0.247. The van der Waals surface area contributed by atoms with E-state index in [2.05, 4.69) is 4.98 Å². The lowest BCUT2D eigenvalue weighted by molar-refractivity contribution is 0.0477. The summed E-state index contributed by atoms with van der Waals surface area (Å²) in [6.07, 6.45) is 0. The van der Waals surface area contributed by atoms with E-state index < -0.39 is 18.1 Å². The maximum atomic E-state index is 12.2. The maximum absolute atomic E-state index is 12.2. The fraction of sp³-hybridized carbons (Fsp3) is 0.0625. The smallest absolute Gasteiger partial charge is 0.339 e. The molecule has 3 aromatic rings. The van der Waals surface area contributed by atoms with Crippen LogP contribution in [0.3, 0.4) is 0 Å². The first-order chi connectivity index (χ1) is 11.0. The Balaban J connectivity index is 1.81. The molecule has 23 heavy (non-hydrogen) atoms. The number of Topliss-reactive ketones (excluding diaryl/α,β-unsaturated/α-hetero) is 1. The lowest BCUT2D eigenvalue weighted by atomic mass is 10.1. The molecule has 5 nitrogen and oxygen atoms in total. The van der Waals surface area contributed by atoms with Gasteiger partial charge >= 0.3 is 5.97 Å². The summed E-state index contributed by atoms with van der Waals surface area (Å²) in [6, 6.07) is 11.2. The van der Waals surface area contributed by atoms with E-state index in [0.29, 0.717) is 20.1 Å². The molecule has 0 fully saturated rings. The number of esters is 1. The Morgan fingerprint density at radius 2 is 1.96 bits per heavy atom. The number of fused-ring (bicyclic) bond motifs is 1. The summed E-state index contributed by atoms with van der Waals surface area (Å²) in [7, 11) is 0. The molecule has 0 radical (unpaired) electrons. The number of carbonyl (C=O) groups is 2. The van der Waals surface area contributed by atoms with E-state index in [4.69, 9.17) is 16.3 Å². The van der Waals surface area contributed by atoms with Gasteiger partial charge in [0.1, 0.15) is 0 Å². The molecule has 0 atom stereocenters. The second kappa shape index (κ2) is 6.36. The molecule has 7 heteroatoms. The topological polar surface area (TPSA) is 76.2 Å². The minimum Gasteiger partial charge on any atom is -0.454 e. The molecule has 3 rings (SSSR count). The molecule has 0 unspecified atom stereocenters. The van der Waals surface area contributed by atoms with Crippen LogP contribution in [0.25, 0.3) is 10.9 Å². The van der Waals surface area contributed by atoms with Crippen LogP contribution in [-0.2, 0) is 4.74 Å². The summed E-state index contributed by atoms with van der Waals surface area (Å²) in [5.74, 6) is -1.06. The number of para-hydroxylation sites is 1. The summed E-state index contributed by atoms with van der Waals surface area (Å²) < 4.78 is 5.53. The Morgan fingerprint density at radius 3 is 2.70 bits per heavy atom. The van der Waals surface area contributed by atoms with E-state index in [1.54, 1.807) is 36.4 Å². The van der Waals surface area contributed by atoms with Gasteiger partial charge in [0.2, 0.25) is 11.3 Å². The van der Waals surface area contributed by atoms with Crippen molar-refractivity contribution in [2.45, 2.75) is 0 Å². The first-order valence-corrected chi connectivity index (χ1v) is 7.82. The minimum absolute atomic E-state index is 0.126. The highest BCUT2D eigenvalue weighted by molar-refractivity contribution is 7.18. The third-order valence-corrected chi connectivity index (χ3v) is 4.43. The molecule has 2 heterocycles. The van der Waals surface area contributed by atoms with Crippen LogP contribution in [-0.4, -0.2) is 23.3 Å². The summed E-state index contributed by atoms with van der Waals surface area (Å²) in [5, 5.41) is 0.559. The fourth-order valence-corrected chi connectivity index (χ4v) is 3.09. The summed E-state index contributed by atoms with van der Waals surface area (Å²) in [4.78, 5) is 38.8. The van der Waals surface area contributed by atoms with Gasteiger partial charge in [-0.25, -0.2) is 4.79 Å². The van der Waals surface area contributed by atoms with E-state index in [9.17, 15) is 14.4 Å². The van der Waals surface area contributed by atoms with Crippen LogP contribution in [0.1, 0.15) is 20.0 Å². The maximum Gasteiger partial charge on any atom is 0.339 e. The van der Waals surface area contributed by atoms with Crippen molar-refractivity contribution in [3.8, 4) is 0 Å². The average Bonchev–Trinajstić information content (AvgIpc) is 2.98. The molecule has 0 saturated heterocycles. The van der Waals surface area contributed by atoms with Crippen LogP contribution in [0.4, 0.5) is 0 Å². The predicted octanol–water partition coefficient (Wildman–Crippen LogP) is 3.28. The van der Waals surface area contributed by atoms with Gasteiger partial charge in [0.05, 0.1) is 14.8 Å². The quantitative estimate of drug-likeness (QED) is 0.580. The molecule has 0 aliphatic heterocycles. The lowest BCUT2D eigenvalue weighted by Crippen LogP contribution is -2.16. The van der Waals surface area contributed by atoms with Crippen LogP contribution in [0, 0.1) is 0 Å². The lowest BCUT2D eigenvalue weighted by Gasteiger charge is -2.06.